The number of aromatic amines is 1. The summed E-state index contributed by atoms with van der Waals surface area (Å²) >= 11 is 0. The van der Waals surface area contributed by atoms with E-state index in [4.69, 9.17) is 0 Å². The molecule has 0 aromatic carbocycles. The Balaban J connectivity index is 2.11. The van der Waals surface area contributed by atoms with Crippen molar-refractivity contribution in [3.63, 3.8) is 0 Å². The maximum Gasteiger partial charge on any atom is 0.275 e. The summed E-state index contributed by atoms with van der Waals surface area (Å²) in [4.78, 5) is 16.7. The number of nitrogens with one attached hydrogen (secondary N) is 2. The highest BCUT2D eigenvalue weighted by Gasteiger charge is 2.24. The van der Waals surface area contributed by atoms with Crippen molar-refractivity contribution in [2.45, 2.75) is 39.7 Å². The van der Waals surface area contributed by atoms with Crippen molar-refractivity contribution < 1.29 is 0 Å². The SMILES string of the molecule is Cc1nc2cc(C3NCCCC3C)[nH]n2c(=O)c1C. The van der Waals surface area contributed by atoms with Gasteiger partial charge < -0.3 is 5.32 Å². The van der Waals surface area contributed by atoms with Crippen LogP contribution < -0.4 is 10.9 Å². The Kier molecular flexibility index (Phi) is 2.93. The maximum atomic E-state index is 12.2. The van der Waals surface area contributed by atoms with E-state index < -0.39 is 0 Å². The van der Waals surface area contributed by atoms with Crippen LogP contribution in [0.3, 0.4) is 0 Å². The third kappa shape index (κ3) is 1.98. The van der Waals surface area contributed by atoms with Crippen LogP contribution in [0.5, 0.6) is 0 Å². The summed E-state index contributed by atoms with van der Waals surface area (Å²) in [6, 6.07) is 2.28. The lowest BCUT2D eigenvalue weighted by atomic mass is 9.91. The molecule has 1 aliphatic rings. The number of piperidine rings is 1. The molecule has 5 nitrogen and oxygen atoms in total. The van der Waals surface area contributed by atoms with E-state index in [2.05, 4.69) is 22.3 Å². The van der Waals surface area contributed by atoms with Crippen molar-refractivity contribution in [2.24, 2.45) is 5.92 Å². The zero-order valence-corrected chi connectivity index (χ0v) is 11.7. The Hall–Kier alpha value is -1.62. The largest absolute Gasteiger partial charge is 0.308 e. The van der Waals surface area contributed by atoms with Crippen LogP contribution in [0.1, 0.15) is 42.8 Å². The molecule has 3 heterocycles. The fourth-order valence-corrected chi connectivity index (χ4v) is 2.86. The van der Waals surface area contributed by atoms with Crippen molar-refractivity contribution in [2.75, 3.05) is 6.54 Å². The van der Waals surface area contributed by atoms with Crippen molar-refractivity contribution in [3.05, 3.63) is 33.4 Å². The van der Waals surface area contributed by atoms with Gasteiger partial charge in [-0.05, 0) is 39.2 Å². The number of H-pyrrole nitrogens is 1. The Bertz CT molecular complexity index is 670. The lowest BCUT2D eigenvalue weighted by Crippen LogP contribution is -2.33. The standard InChI is InChI=1S/C14H20N4O/c1-8-5-4-6-15-13(8)11-7-12-16-10(3)9(2)14(19)18(12)17-11/h7-8,13,15,17H,4-6H2,1-3H3. The van der Waals surface area contributed by atoms with Gasteiger partial charge in [-0.25, -0.2) is 9.50 Å². The van der Waals surface area contributed by atoms with Crippen LogP contribution in [0.4, 0.5) is 0 Å². The lowest BCUT2D eigenvalue weighted by Gasteiger charge is -2.29. The smallest absolute Gasteiger partial charge is 0.275 e. The molecule has 1 aliphatic heterocycles. The molecule has 1 fully saturated rings. The van der Waals surface area contributed by atoms with Crippen LogP contribution in [-0.2, 0) is 0 Å². The number of hydrogen-bond acceptors (Lipinski definition) is 3. The van der Waals surface area contributed by atoms with Crippen molar-refractivity contribution in [1.82, 2.24) is 19.9 Å². The predicted molar refractivity (Wildman–Crippen MR) is 74.4 cm³/mol. The molecule has 2 aromatic rings. The van der Waals surface area contributed by atoms with Crippen LogP contribution in [0.25, 0.3) is 5.65 Å². The normalized spacial score (nSPS) is 23.9. The van der Waals surface area contributed by atoms with Gasteiger partial charge in [0, 0.05) is 17.3 Å². The summed E-state index contributed by atoms with van der Waals surface area (Å²) in [6.45, 7) is 6.98. The van der Waals surface area contributed by atoms with E-state index in [1.54, 1.807) is 4.52 Å². The second-order valence-corrected chi connectivity index (χ2v) is 5.58. The highest BCUT2D eigenvalue weighted by Crippen LogP contribution is 2.28. The first kappa shape index (κ1) is 12.4. The fraction of sp³-hybridized carbons (Fsp3) is 0.571. The van der Waals surface area contributed by atoms with E-state index in [1.165, 1.54) is 12.8 Å². The Morgan fingerprint density at radius 1 is 1.42 bits per heavy atom. The van der Waals surface area contributed by atoms with Gasteiger partial charge in [0.25, 0.3) is 5.56 Å². The number of hydrogen-bond donors (Lipinski definition) is 2. The average molecular weight is 260 g/mol. The van der Waals surface area contributed by atoms with Gasteiger partial charge in [-0.3, -0.25) is 9.89 Å². The molecule has 102 valence electrons. The first-order valence-electron chi connectivity index (χ1n) is 6.90. The van der Waals surface area contributed by atoms with E-state index >= 15 is 0 Å². The molecular formula is C14H20N4O. The van der Waals surface area contributed by atoms with E-state index in [9.17, 15) is 4.79 Å². The summed E-state index contributed by atoms with van der Waals surface area (Å²) in [5.41, 5.74) is 3.28. The van der Waals surface area contributed by atoms with Gasteiger partial charge in [-0.2, -0.15) is 0 Å². The number of rotatable bonds is 1. The van der Waals surface area contributed by atoms with Gasteiger partial charge in [-0.15, -0.1) is 0 Å². The third-order valence-electron chi connectivity index (χ3n) is 4.21. The minimum atomic E-state index is -0.00258. The second-order valence-electron chi connectivity index (χ2n) is 5.58. The maximum absolute atomic E-state index is 12.2. The van der Waals surface area contributed by atoms with Crippen LogP contribution in [0.15, 0.2) is 10.9 Å². The average Bonchev–Trinajstić information content (AvgIpc) is 2.80. The number of fused-ring (bicyclic) bond motifs is 1. The molecule has 19 heavy (non-hydrogen) atoms. The van der Waals surface area contributed by atoms with Gasteiger partial charge in [0.1, 0.15) is 0 Å². The van der Waals surface area contributed by atoms with E-state index in [0.717, 1.165) is 17.9 Å². The molecule has 0 amide bonds. The van der Waals surface area contributed by atoms with Gasteiger partial charge in [0.2, 0.25) is 0 Å². The summed E-state index contributed by atoms with van der Waals surface area (Å²) in [6.07, 6.45) is 2.43. The molecule has 2 unspecified atom stereocenters. The van der Waals surface area contributed by atoms with Crippen molar-refractivity contribution in [3.8, 4) is 0 Å². The van der Waals surface area contributed by atoms with Gasteiger partial charge in [0.05, 0.1) is 11.7 Å². The first-order valence-corrected chi connectivity index (χ1v) is 6.90. The molecule has 0 spiro atoms. The molecule has 2 atom stereocenters. The van der Waals surface area contributed by atoms with Crippen LogP contribution >= 0.6 is 0 Å². The lowest BCUT2D eigenvalue weighted by molar-refractivity contribution is 0.300. The zero-order chi connectivity index (χ0) is 13.6. The third-order valence-corrected chi connectivity index (χ3v) is 4.21. The molecule has 1 saturated heterocycles. The number of aryl methyl sites for hydroxylation is 1. The minimum absolute atomic E-state index is 0.00258. The topological polar surface area (TPSA) is 62.2 Å². The highest BCUT2D eigenvalue weighted by molar-refractivity contribution is 5.42. The molecule has 2 N–H and O–H groups in total. The molecule has 0 saturated carbocycles. The van der Waals surface area contributed by atoms with Gasteiger partial charge >= 0.3 is 0 Å². The summed E-state index contributed by atoms with van der Waals surface area (Å²) in [5.74, 6) is 0.569. The molecular weight excluding hydrogens is 240 g/mol. The first-order chi connectivity index (χ1) is 9.08. The number of nitrogens with zero attached hydrogens (tertiary/aromatic N) is 2. The molecule has 0 aliphatic carbocycles. The molecule has 3 rings (SSSR count). The van der Waals surface area contributed by atoms with E-state index in [-0.39, 0.29) is 11.6 Å². The van der Waals surface area contributed by atoms with E-state index in [1.807, 2.05) is 19.9 Å². The summed E-state index contributed by atoms with van der Waals surface area (Å²) < 4.78 is 1.56. The van der Waals surface area contributed by atoms with Gasteiger partial charge in [0.15, 0.2) is 5.65 Å². The Labute approximate surface area is 112 Å². The van der Waals surface area contributed by atoms with E-state index in [0.29, 0.717) is 17.1 Å². The van der Waals surface area contributed by atoms with Crippen molar-refractivity contribution in [1.29, 1.82) is 0 Å². The predicted octanol–water partition coefficient (Wildman–Crippen LogP) is 1.70. The minimum Gasteiger partial charge on any atom is -0.308 e. The van der Waals surface area contributed by atoms with Crippen molar-refractivity contribution >= 4 is 5.65 Å². The molecule has 0 bridgehead atoms. The van der Waals surface area contributed by atoms with Crippen LogP contribution in [-0.4, -0.2) is 21.1 Å². The Morgan fingerprint density at radius 2 is 2.21 bits per heavy atom. The molecule has 0 radical (unpaired) electrons. The highest BCUT2D eigenvalue weighted by atomic mass is 16.1. The molecule has 2 aromatic heterocycles. The Morgan fingerprint density at radius 3 is 2.95 bits per heavy atom. The monoisotopic (exact) mass is 260 g/mol. The van der Waals surface area contributed by atoms with Crippen LogP contribution in [0, 0.1) is 19.8 Å². The quantitative estimate of drug-likeness (QED) is 0.820. The zero-order valence-electron chi connectivity index (χ0n) is 11.7. The summed E-state index contributed by atoms with van der Waals surface area (Å²) in [5, 5.41) is 6.73. The van der Waals surface area contributed by atoms with Crippen LogP contribution in [0.2, 0.25) is 0 Å². The second kappa shape index (κ2) is 4.49. The summed E-state index contributed by atoms with van der Waals surface area (Å²) in [7, 11) is 0. The fourth-order valence-electron chi connectivity index (χ4n) is 2.86. The molecule has 5 heteroatoms. The van der Waals surface area contributed by atoms with Gasteiger partial charge in [-0.1, -0.05) is 6.92 Å². The number of aromatic nitrogens is 3.